The average Bonchev–Trinajstić information content (AvgIpc) is 2.78. The van der Waals surface area contributed by atoms with Gasteiger partial charge in [0.25, 0.3) is 0 Å². The van der Waals surface area contributed by atoms with Crippen LogP contribution in [0.4, 0.5) is 13.2 Å². The second-order valence-electron chi connectivity index (χ2n) is 3.93. The molecule has 0 aliphatic carbocycles. The van der Waals surface area contributed by atoms with Crippen molar-refractivity contribution >= 4 is 17.2 Å². The van der Waals surface area contributed by atoms with Crippen molar-refractivity contribution in [3.63, 3.8) is 0 Å². The highest BCUT2D eigenvalue weighted by atomic mass is 32.1. The maximum absolute atomic E-state index is 12.0. The van der Waals surface area contributed by atoms with Crippen LogP contribution < -0.4 is 5.32 Å². The molecule has 1 aromatic rings. The van der Waals surface area contributed by atoms with Crippen LogP contribution in [0.5, 0.6) is 0 Å². The Bertz CT molecular complexity index is 404. The van der Waals surface area contributed by atoms with Crippen LogP contribution in [0.15, 0.2) is 30.2 Å². The molecule has 0 fully saturated rings. The molecular weight excluding hydrogens is 277 g/mol. The van der Waals surface area contributed by atoms with Gasteiger partial charge in [-0.3, -0.25) is 9.69 Å². The topological polar surface area (TPSA) is 32.3 Å². The molecule has 0 atom stereocenters. The Morgan fingerprint density at radius 1 is 1.53 bits per heavy atom. The van der Waals surface area contributed by atoms with Crippen molar-refractivity contribution in [2.45, 2.75) is 12.7 Å². The smallest absolute Gasteiger partial charge is 0.346 e. The molecule has 0 unspecified atom stereocenters. The number of carbonyl (C=O) groups is 1. The predicted molar refractivity (Wildman–Crippen MR) is 68.9 cm³/mol. The summed E-state index contributed by atoms with van der Waals surface area (Å²) in [6, 6.07) is 3.80. The van der Waals surface area contributed by atoms with Gasteiger partial charge >= 0.3 is 6.18 Å². The molecule has 0 spiro atoms. The first kappa shape index (κ1) is 15.7. The second-order valence-corrected chi connectivity index (χ2v) is 4.96. The number of hydrogen-bond acceptors (Lipinski definition) is 3. The van der Waals surface area contributed by atoms with Gasteiger partial charge in [-0.25, -0.2) is 0 Å². The first-order chi connectivity index (χ1) is 8.90. The number of rotatable bonds is 7. The van der Waals surface area contributed by atoms with E-state index in [4.69, 9.17) is 0 Å². The molecule has 0 aliphatic heterocycles. The number of carbonyl (C=O) groups excluding carboxylic acids is 1. The summed E-state index contributed by atoms with van der Waals surface area (Å²) in [6.07, 6.45) is -2.77. The van der Waals surface area contributed by atoms with Crippen molar-refractivity contribution in [2.24, 2.45) is 0 Å². The van der Waals surface area contributed by atoms with E-state index < -0.39 is 18.6 Å². The minimum atomic E-state index is -4.38. The van der Waals surface area contributed by atoms with Crippen LogP contribution in [0.1, 0.15) is 4.88 Å². The summed E-state index contributed by atoms with van der Waals surface area (Å²) in [4.78, 5) is 14.2. The van der Waals surface area contributed by atoms with Gasteiger partial charge in [0.15, 0.2) is 0 Å². The molecule has 1 heterocycles. The summed E-state index contributed by atoms with van der Waals surface area (Å²) < 4.78 is 35.9. The largest absolute Gasteiger partial charge is 0.405 e. The Balaban J connectivity index is 2.44. The zero-order valence-electron chi connectivity index (χ0n) is 10.2. The molecule has 1 rings (SSSR count). The Hall–Kier alpha value is -1.34. The third-order valence-electron chi connectivity index (χ3n) is 2.20. The molecule has 0 aromatic carbocycles. The molecule has 1 aromatic heterocycles. The maximum atomic E-state index is 12.0. The summed E-state index contributed by atoms with van der Waals surface area (Å²) in [5.41, 5.74) is 0. The number of thiophene rings is 1. The highest BCUT2D eigenvalue weighted by Gasteiger charge is 2.27. The third-order valence-corrected chi connectivity index (χ3v) is 3.06. The van der Waals surface area contributed by atoms with Crippen molar-refractivity contribution in [2.75, 3.05) is 19.6 Å². The number of alkyl halides is 3. The van der Waals surface area contributed by atoms with Crippen molar-refractivity contribution in [3.8, 4) is 0 Å². The lowest BCUT2D eigenvalue weighted by molar-refractivity contribution is -0.139. The third kappa shape index (κ3) is 6.97. The van der Waals surface area contributed by atoms with Gasteiger partial charge in [0, 0.05) is 18.0 Å². The lowest BCUT2D eigenvalue weighted by Crippen LogP contribution is -2.40. The summed E-state index contributed by atoms with van der Waals surface area (Å²) >= 11 is 1.53. The van der Waals surface area contributed by atoms with E-state index in [-0.39, 0.29) is 6.54 Å². The van der Waals surface area contributed by atoms with Crippen molar-refractivity contribution in [1.29, 1.82) is 0 Å². The molecule has 0 saturated heterocycles. The van der Waals surface area contributed by atoms with E-state index in [2.05, 4.69) is 6.58 Å². The minimum absolute atomic E-state index is 0.0833. The first-order valence-electron chi connectivity index (χ1n) is 5.60. The van der Waals surface area contributed by atoms with E-state index in [0.717, 1.165) is 4.88 Å². The van der Waals surface area contributed by atoms with Crippen LogP contribution in [-0.4, -0.2) is 36.6 Å². The van der Waals surface area contributed by atoms with Gasteiger partial charge < -0.3 is 5.32 Å². The van der Waals surface area contributed by atoms with Gasteiger partial charge in [-0.2, -0.15) is 13.2 Å². The zero-order chi connectivity index (χ0) is 14.3. The Morgan fingerprint density at radius 3 is 2.79 bits per heavy atom. The number of hydrogen-bond donors (Lipinski definition) is 1. The number of amides is 1. The molecule has 0 aliphatic rings. The summed E-state index contributed by atoms with van der Waals surface area (Å²) in [5.74, 6) is -0.643. The maximum Gasteiger partial charge on any atom is 0.405 e. The predicted octanol–water partition coefficient (Wildman–Crippen LogP) is 2.41. The molecule has 106 valence electrons. The first-order valence-corrected chi connectivity index (χ1v) is 6.48. The molecule has 7 heteroatoms. The highest BCUT2D eigenvalue weighted by Crippen LogP contribution is 2.13. The van der Waals surface area contributed by atoms with E-state index >= 15 is 0 Å². The zero-order valence-corrected chi connectivity index (χ0v) is 11.1. The monoisotopic (exact) mass is 292 g/mol. The average molecular weight is 292 g/mol. The highest BCUT2D eigenvalue weighted by molar-refractivity contribution is 7.09. The fourth-order valence-electron chi connectivity index (χ4n) is 1.45. The van der Waals surface area contributed by atoms with E-state index in [1.165, 1.54) is 11.3 Å². The van der Waals surface area contributed by atoms with Crippen LogP contribution in [0.3, 0.4) is 0 Å². The minimum Gasteiger partial charge on any atom is -0.346 e. The van der Waals surface area contributed by atoms with E-state index in [0.29, 0.717) is 13.1 Å². The molecule has 1 amide bonds. The fraction of sp³-hybridized carbons (Fsp3) is 0.417. The van der Waals surface area contributed by atoms with Crippen LogP contribution in [0.25, 0.3) is 0 Å². The Kier molecular flexibility index (Phi) is 6.04. The van der Waals surface area contributed by atoms with Crippen molar-refractivity contribution < 1.29 is 18.0 Å². The normalized spacial score (nSPS) is 11.6. The Labute approximate surface area is 113 Å². The van der Waals surface area contributed by atoms with E-state index in [1.54, 1.807) is 11.0 Å². The molecule has 0 radical (unpaired) electrons. The molecule has 3 nitrogen and oxygen atoms in total. The van der Waals surface area contributed by atoms with Gasteiger partial charge in [-0.15, -0.1) is 17.9 Å². The van der Waals surface area contributed by atoms with Gasteiger partial charge in [0.1, 0.15) is 6.54 Å². The van der Waals surface area contributed by atoms with E-state index in [1.807, 2.05) is 22.8 Å². The van der Waals surface area contributed by atoms with Crippen LogP contribution in [-0.2, 0) is 11.3 Å². The molecular formula is C12H15F3N2OS. The van der Waals surface area contributed by atoms with Gasteiger partial charge in [0.05, 0.1) is 6.54 Å². The van der Waals surface area contributed by atoms with Crippen molar-refractivity contribution in [1.82, 2.24) is 10.2 Å². The number of halogens is 3. The molecule has 0 saturated carbocycles. The van der Waals surface area contributed by atoms with Gasteiger partial charge in [-0.05, 0) is 11.4 Å². The summed E-state index contributed by atoms with van der Waals surface area (Å²) in [7, 11) is 0. The van der Waals surface area contributed by atoms with Gasteiger partial charge in [0.2, 0.25) is 5.91 Å². The second kappa shape index (κ2) is 7.30. The Morgan fingerprint density at radius 2 is 2.26 bits per heavy atom. The lowest BCUT2D eigenvalue weighted by Gasteiger charge is -2.19. The molecule has 19 heavy (non-hydrogen) atoms. The molecule has 1 N–H and O–H groups in total. The molecule has 0 bridgehead atoms. The quantitative estimate of drug-likeness (QED) is 0.783. The fourth-order valence-corrected chi connectivity index (χ4v) is 2.19. The van der Waals surface area contributed by atoms with Crippen LogP contribution >= 0.6 is 11.3 Å². The number of nitrogens with zero attached hydrogens (tertiary/aromatic N) is 1. The van der Waals surface area contributed by atoms with Crippen LogP contribution in [0, 0.1) is 0 Å². The summed E-state index contributed by atoms with van der Waals surface area (Å²) in [5, 5.41) is 3.76. The van der Waals surface area contributed by atoms with Crippen molar-refractivity contribution in [3.05, 3.63) is 35.0 Å². The lowest BCUT2D eigenvalue weighted by atomic mass is 10.3. The van der Waals surface area contributed by atoms with E-state index in [9.17, 15) is 18.0 Å². The number of nitrogens with one attached hydrogen (secondary N) is 1. The van der Waals surface area contributed by atoms with Gasteiger partial charge in [-0.1, -0.05) is 12.1 Å². The SMILES string of the molecule is C=CCN(CC(=O)NCC(F)(F)F)Cc1cccs1. The van der Waals surface area contributed by atoms with Crippen LogP contribution in [0.2, 0.25) is 0 Å². The standard InChI is InChI=1S/C12H15F3N2OS/c1-2-5-17(7-10-4-3-6-19-10)8-11(18)16-9-12(13,14)15/h2-4,6H,1,5,7-9H2,(H,16,18). The summed E-state index contributed by atoms with van der Waals surface area (Å²) in [6.45, 7) is 3.15.